The van der Waals surface area contributed by atoms with Crippen LogP contribution in [0.15, 0.2) is 47.4 Å². The number of halogens is 2. The van der Waals surface area contributed by atoms with Crippen molar-refractivity contribution in [2.75, 3.05) is 31.1 Å². The average Bonchev–Trinajstić information content (AvgIpc) is 2.62. The van der Waals surface area contributed by atoms with Crippen molar-refractivity contribution in [2.24, 2.45) is 0 Å². The van der Waals surface area contributed by atoms with Crippen molar-refractivity contribution in [3.05, 3.63) is 52.5 Å². The van der Waals surface area contributed by atoms with Gasteiger partial charge in [0.2, 0.25) is 5.91 Å². The van der Waals surface area contributed by atoms with E-state index in [9.17, 15) is 13.2 Å². The monoisotopic (exact) mass is 428 g/mol. The number of carbonyl (C=O) groups is 1. The molecule has 1 aliphatic rings. The van der Waals surface area contributed by atoms with Crippen molar-refractivity contribution >= 4 is 44.9 Å². The largest absolute Gasteiger partial charge is 0.379 e. The summed E-state index contributed by atoms with van der Waals surface area (Å²) in [6.45, 7) is 4.31. The topological polar surface area (TPSA) is 66.9 Å². The Bertz CT molecular complexity index is 920. The Morgan fingerprint density at radius 2 is 1.52 bits per heavy atom. The zero-order valence-electron chi connectivity index (χ0n) is 14.6. The standard InChI is InChI=1S/C18H18Cl2N2O4S/c1-13(23)21-9-11-22(12-10-21)14-5-7-15(8-6-14)26-27(24,25)18-16(19)3-2-4-17(18)20/h2-8H,9-12H2,1H3. The summed E-state index contributed by atoms with van der Waals surface area (Å²) in [5.41, 5.74) is 0.929. The van der Waals surface area contributed by atoms with E-state index in [0.29, 0.717) is 26.2 Å². The predicted octanol–water partition coefficient (Wildman–Crippen LogP) is 3.43. The SMILES string of the molecule is CC(=O)N1CCN(c2ccc(OS(=O)(=O)c3c(Cl)cccc3Cl)cc2)CC1. The van der Waals surface area contributed by atoms with Gasteiger partial charge in [-0.3, -0.25) is 4.79 Å². The minimum absolute atomic E-state index is 0.00228. The first kappa shape index (κ1) is 19.8. The van der Waals surface area contributed by atoms with Crippen LogP contribution in [0.2, 0.25) is 10.0 Å². The zero-order chi connectivity index (χ0) is 19.6. The Morgan fingerprint density at radius 1 is 0.963 bits per heavy atom. The molecule has 9 heteroatoms. The molecule has 0 unspecified atom stereocenters. The van der Waals surface area contributed by atoms with Crippen LogP contribution in [0.5, 0.6) is 5.75 Å². The smallest absolute Gasteiger partial charge is 0.342 e. The van der Waals surface area contributed by atoms with Crippen LogP contribution in [0.4, 0.5) is 5.69 Å². The first-order valence-electron chi connectivity index (χ1n) is 8.27. The van der Waals surface area contributed by atoms with Crippen molar-refractivity contribution < 1.29 is 17.4 Å². The maximum atomic E-state index is 12.5. The molecular weight excluding hydrogens is 411 g/mol. The van der Waals surface area contributed by atoms with Crippen molar-refractivity contribution in [3.63, 3.8) is 0 Å². The van der Waals surface area contributed by atoms with Gasteiger partial charge in [-0.2, -0.15) is 8.42 Å². The molecule has 1 saturated heterocycles. The van der Waals surface area contributed by atoms with Gasteiger partial charge in [0.15, 0.2) is 0 Å². The molecule has 0 aliphatic carbocycles. The maximum absolute atomic E-state index is 12.5. The number of anilines is 1. The Morgan fingerprint density at radius 3 is 2.04 bits per heavy atom. The van der Waals surface area contributed by atoms with Crippen LogP contribution in [-0.2, 0) is 14.9 Å². The van der Waals surface area contributed by atoms with E-state index in [1.54, 1.807) is 42.2 Å². The summed E-state index contributed by atoms with van der Waals surface area (Å²) in [5, 5.41) is 0.00456. The molecule has 1 fully saturated rings. The van der Waals surface area contributed by atoms with Gasteiger partial charge in [-0.15, -0.1) is 0 Å². The van der Waals surface area contributed by atoms with E-state index in [4.69, 9.17) is 27.4 Å². The minimum Gasteiger partial charge on any atom is -0.379 e. The van der Waals surface area contributed by atoms with Gasteiger partial charge in [-0.1, -0.05) is 29.3 Å². The molecule has 0 bridgehead atoms. The van der Waals surface area contributed by atoms with Gasteiger partial charge in [-0.25, -0.2) is 0 Å². The highest BCUT2D eigenvalue weighted by Gasteiger charge is 2.24. The minimum atomic E-state index is -4.15. The van der Waals surface area contributed by atoms with E-state index in [1.807, 2.05) is 0 Å². The second-order valence-corrected chi connectivity index (χ2v) is 8.37. The third-order valence-electron chi connectivity index (χ3n) is 4.30. The first-order chi connectivity index (χ1) is 12.8. The number of benzene rings is 2. The number of piperazine rings is 1. The summed E-state index contributed by atoms with van der Waals surface area (Å²) in [6, 6.07) is 11.2. The molecule has 3 rings (SSSR count). The molecule has 144 valence electrons. The second-order valence-electron chi connectivity index (χ2n) is 6.08. The van der Waals surface area contributed by atoms with E-state index < -0.39 is 10.1 Å². The molecule has 1 aliphatic heterocycles. The van der Waals surface area contributed by atoms with Gasteiger partial charge >= 0.3 is 10.1 Å². The normalized spacial score (nSPS) is 14.9. The Balaban J connectivity index is 1.72. The molecule has 0 atom stereocenters. The van der Waals surface area contributed by atoms with E-state index in [-0.39, 0.29) is 26.6 Å². The Hall–Kier alpha value is -1.96. The average molecular weight is 429 g/mol. The highest BCUT2D eigenvalue weighted by molar-refractivity contribution is 7.87. The van der Waals surface area contributed by atoms with Crippen LogP contribution < -0.4 is 9.08 Å². The molecule has 2 aromatic carbocycles. The molecule has 0 N–H and O–H groups in total. The highest BCUT2D eigenvalue weighted by atomic mass is 35.5. The molecular formula is C18H18Cl2N2O4S. The first-order valence-corrected chi connectivity index (χ1v) is 10.4. The molecule has 0 saturated carbocycles. The van der Waals surface area contributed by atoms with Gasteiger partial charge in [0.25, 0.3) is 0 Å². The lowest BCUT2D eigenvalue weighted by molar-refractivity contribution is -0.129. The third-order valence-corrected chi connectivity index (χ3v) is 6.51. The highest BCUT2D eigenvalue weighted by Crippen LogP contribution is 2.31. The predicted molar refractivity (Wildman–Crippen MR) is 105 cm³/mol. The van der Waals surface area contributed by atoms with Crippen molar-refractivity contribution in [1.29, 1.82) is 0 Å². The van der Waals surface area contributed by atoms with Gasteiger partial charge < -0.3 is 14.0 Å². The molecule has 1 amide bonds. The van der Waals surface area contributed by atoms with Crippen molar-refractivity contribution in [3.8, 4) is 5.75 Å². The summed E-state index contributed by atoms with van der Waals surface area (Å²) < 4.78 is 30.2. The quantitative estimate of drug-likeness (QED) is 0.697. The number of rotatable bonds is 4. The molecule has 0 aromatic heterocycles. The molecule has 6 nitrogen and oxygen atoms in total. The molecule has 0 spiro atoms. The van der Waals surface area contributed by atoms with Gasteiger partial charge in [0, 0.05) is 38.8 Å². The number of amides is 1. The number of carbonyl (C=O) groups excluding carboxylic acids is 1. The van der Waals surface area contributed by atoms with Crippen LogP contribution in [0.3, 0.4) is 0 Å². The fourth-order valence-electron chi connectivity index (χ4n) is 2.88. The second kappa shape index (κ2) is 7.96. The molecule has 0 radical (unpaired) electrons. The number of hydrogen-bond acceptors (Lipinski definition) is 5. The van der Waals surface area contributed by atoms with Crippen LogP contribution >= 0.6 is 23.2 Å². The summed E-state index contributed by atoms with van der Waals surface area (Å²) in [5.74, 6) is 0.235. The summed E-state index contributed by atoms with van der Waals surface area (Å²) >= 11 is 11.9. The van der Waals surface area contributed by atoms with E-state index in [2.05, 4.69) is 4.90 Å². The van der Waals surface area contributed by atoms with Gasteiger partial charge in [-0.05, 0) is 36.4 Å². The summed E-state index contributed by atoms with van der Waals surface area (Å²) in [7, 11) is -4.15. The lowest BCUT2D eigenvalue weighted by atomic mass is 10.2. The summed E-state index contributed by atoms with van der Waals surface area (Å²) in [4.78, 5) is 15.1. The maximum Gasteiger partial charge on any atom is 0.342 e. The van der Waals surface area contributed by atoms with Crippen molar-refractivity contribution in [1.82, 2.24) is 4.90 Å². The fourth-order valence-corrected chi connectivity index (χ4v) is 4.91. The Labute approximate surface area is 168 Å². The van der Waals surface area contributed by atoms with Crippen LogP contribution in [-0.4, -0.2) is 45.4 Å². The van der Waals surface area contributed by atoms with Crippen LogP contribution in [0.25, 0.3) is 0 Å². The molecule has 27 heavy (non-hydrogen) atoms. The third kappa shape index (κ3) is 4.48. The number of nitrogens with zero attached hydrogens (tertiary/aromatic N) is 2. The fraction of sp³-hybridized carbons (Fsp3) is 0.278. The van der Waals surface area contributed by atoms with Crippen LogP contribution in [0, 0.1) is 0 Å². The molecule has 1 heterocycles. The van der Waals surface area contributed by atoms with E-state index in [0.717, 1.165) is 5.69 Å². The van der Waals surface area contributed by atoms with Gasteiger partial charge in [0.05, 0.1) is 10.0 Å². The molecule has 2 aromatic rings. The number of hydrogen-bond donors (Lipinski definition) is 0. The lowest BCUT2D eigenvalue weighted by Gasteiger charge is -2.35. The van der Waals surface area contributed by atoms with E-state index in [1.165, 1.54) is 12.1 Å². The summed E-state index contributed by atoms with van der Waals surface area (Å²) in [6.07, 6.45) is 0. The van der Waals surface area contributed by atoms with Crippen LogP contribution in [0.1, 0.15) is 6.92 Å². The van der Waals surface area contributed by atoms with Crippen molar-refractivity contribution in [2.45, 2.75) is 11.8 Å². The van der Waals surface area contributed by atoms with E-state index >= 15 is 0 Å². The zero-order valence-corrected chi connectivity index (χ0v) is 16.9. The lowest BCUT2D eigenvalue weighted by Crippen LogP contribution is -2.48. The van der Waals surface area contributed by atoms with Gasteiger partial charge in [0.1, 0.15) is 10.6 Å². The Kier molecular flexibility index (Phi) is 5.83.